The number of aromatic nitrogens is 5. The van der Waals surface area contributed by atoms with Crippen molar-refractivity contribution in [3.05, 3.63) is 76.6 Å². The van der Waals surface area contributed by atoms with Crippen LogP contribution in [0, 0.1) is 13.8 Å². The Hall–Kier alpha value is -4.15. The predicted octanol–water partition coefficient (Wildman–Crippen LogP) is 3.11. The fourth-order valence-corrected chi connectivity index (χ4v) is 6.92. The molecule has 1 N–H and O–H groups in total. The summed E-state index contributed by atoms with van der Waals surface area (Å²) in [5, 5.41) is 16.7. The Morgan fingerprint density at radius 2 is 1.93 bits per heavy atom. The Morgan fingerprint density at radius 3 is 2.60 bits per heavy atom. The minimum Gasteiger partial charge on any atom is -0.481 e. The fraction of sp³-hybridized carbons (Fsp3) is 0.370. The quantitative estimate of drug-likeness (QED) is 0.342. The summed E-state index contributed by atoms with van der Waals surface area (Å²) in [6.07, 6.45) is -2.57. The van der Waals surface area contributed by atoms with Crippen LogP contribution in [-0.4, -0.2) is 73.7 Å². The summed E-state index contributed by atoms with van der Waals surface area (Å²) < 4.78 is 81.2. The molecule has 4 aromatic heterocycles. The molecule has 1 fully saturated rings. The van der Waals surface area contributed by atoms with E-state index in [0.29, 0.717) is 28.1 Å². The molecule has 43 heavy (non-hydrogen) atoms. The van der Waals surface area contributed by atoms with E-state index in [1.54, 1.807) is 26.0 Å². The lowest BCUT2D eigenvalue weighted by atomic mass is 9.89. The van der Waals surface area contributed by atoms with E-state index in [1.807, 2.05) is 0 Å². The predicted molar refractivity (Wildman–Crippen MR) is 142 cm³/mol. The van der Waals surface area contributed by atoms with E-state index in [2.05, 4.69) is 15.2 Å². The molecule has 0 aliphatic carbocycles. The van der Waals surface area contributed by atoms with Crippen LogP contribution in [0.3, 0.4) is 0 Å². The molecule has 0 radical (unpaired) electrons. The van der Waals surface area contributed by atoms with Crippen molar-refractivity contribution in [2.75, 3.05) is 19.8 Å². The second-order valence-electron chi connectivity index (χ2n) is 10.6. The number of halogens is 3. The zero-order valence-corrected chi connectivity index (χ0v) is 23.7. The first-order valence-electron chi connectivity index (χ1n) is 13.1. The highest BCUT2D eigenvalue weighted by molar-refractivity contribution is 7.89. The first-order chi connectivity index (χ1) is 20.3. The van der Waals surface area contributed by atoms with Crippen LogP contribution in [0.1, 0.15) is 46.2 Å². The number of aryl methyl sites for hydroxylation is 2. The smallest absolute Gasteiger partial charge is 0.452 e. The van der Waals surface area contributed by atoms with Gasteiger partial charge in [-0.2, -0.15) is 17.5 Å². The molecule has 1 atom stereocenters. The van der Waals surface area contributed by atoms with Gasteiger partial charge in [0.2, 0.25) is 21.7 Å². The van der Waals surface area contributed by atoms with Gasteiger partial charge >= 0.3 is 12.1 Å². The van der Waals surface area contributed by atoms with Crippen molar-refractivity contribution in [2.24, 2.45) is 0 Å². The summed E-state index contributed by atoms with van der Waals surface area (Å²) >= 11 is 0. The summed E-state index contributed by atoms with van der Waals surface area (Å²) in [6.45, 7) is 3.45. The van der Waals surface area contributed by atoms with Crippen LogP contribution in [0.2, 0.25) is 0 Å². The Kier molecular flexibility index (Phi) is 6.89. The first kappa shape index (κ1) is 28.9. The third-order valence-electron chi connectivity index (χ3n) is 7.64. The lowest BCUT2D eigenvalue weighted by molar-refractivity contribution is -0.166. The standard InChI is InChI=1S/C27H25F3N6O6S/c1-15-5-6-19(18(10-22(37)38)17-7-9-36-23(16(17)2)33-34-25(36)27(28,29)30)32-20(15)11-35-12-26(13-41-14-26)42-24-21(43(35,39)40)4-3-8-31-24/h3-9,18H,10-14H2,1-2H3,(H,37,38)/t18-/m1/s1. The van der Waals surface area contributed by atoms with E-state index >= 15 is 0 Å². The Labute approximate surface area is 243 Å². The molecule has 226 valence electrons. The van der Waals surface area contributed by atoms with Gasteiger partial charge in [0.1, 0.15) is 4.90 Å². The molecule has 0 saturated carbocycles. The molecule has 12 nitrogen and oxygen atoms in total. The normalized spacial score (nSPS) is 18.4. The maximum absolute atomic E-state index is 13.8. The number of sulfonamides is 1. The summed E-state index contributed by atoms with van der Waals surface area (Å²) in [5.41, 5.74) is 1.05. The minimum atomic E-state index is -4.74. The van der Waals surface area contributed by atoms with E-state index in [0.717, 1.165) is 10.6 Å². The van der Waals surface area contributed by atoms with Crippen LogP contribution in [0.5, 0.6) is 5.88 Å². The number of ether oxygens (including phenoxy) is 2. The number of carbonyl (C=O) groups is 1. The topological polar surface area (TPSA) is 149 Å². The van der Waals surface area contributed by atoms with Crippen LogP contribution >= 0.6 is 0 Å². The Balaban J connectivity index is 1.40. The van der Waals surface area contributed by atoms with E-state index in [9.17, 15) is 31.5 Å². The van der Waals surface area contributed by atoms with E-state index in [4.69, 9.17) is 14.5 Å². The van der Waals surface area contributed by atoms with Crippen molar-refractivity contribution >= 4 is 21.6 Å². The number of nitrogens with zero attached hydrogens (tertiary/aromatic N) is 6. The third-order valence-corrected chi connectivity index (χ3v) is 9.45. The van der Waals surface area contributed by atoms with Crippen LogP contribution in [0.15, 0.2) is 47.6 Å². The number of rotatable bonds is 6. The van der Waals surface area contributed by atoms with Gasteiger partial charge in [-0.25, -0.2) is 13.4 Å². The number of carboxylic acid groups (broad SMARTS) is 1. The molecule has 1 spiro atoms. The number of alkyl halides is 3. The summed E-state index contributed by atoms with van der Waals surface area (Å²) in [6, 6.07) is 7.65. The van der Waals surface area contributed by atoms with Gasteiger partial charge in [0, 0.05) is 24.0 Å². The van der Waals surface area contributed by atoms with Gasteiger partial charge < -0.3 is 14.6 Å². The lowest BCUT2D eigenvalue weighted by Crippen LogP contribution is -2.60. The minimum absolute atomic E-state index is 0.0127. The number of fused-ring (bicyclic) bond motifs is 2. The largest absolute Gasteiger partial charge is 0.481 e. The number of hydrogen-bond donors (Lipinski definition) is 1. The molecule has 0 bridgehead atoms. The molecule has 6 heterocycles. The molecular formula is C27H25F3N6O6S. The van der Waals surface area contributed by atoms with Gasteiger partial charge in [-0.05, 0) is 54.8 Å². The van der Waals surface area contributed by atoms with Gasteiger partial charge in [-0.1, -0.05) is 6.07 Å². The molecule has 4 aromatic rings. The maximum Gasteiger partial charge on any atom is 0.452 e. The van der Waals surface area contributed by atoms with Crippen molar-refractivity contribution in [3.8, 4) is 5.88 Å². The molecule has 16 heteroatoms. The number of carboxylic acids is 1. The van der Waals surface area contributed by atoms with E-state index in [1.165, 1.54) is 28.7 Å². The van der Waals surface area contributed by atoms with Crippen LogP contribution in [0.4, 0.5) is 13.2 Å². The van der Waals surface area contributed by atoms with Gasteiger partial charge in [-0.15, -0.1) is 10.2 Å². The molecule has 2 aliphatic rings. The van der Waals surface area contributed by atoms with Gasteiger partial charge in [0.15, 0.2) is 11.2 Å². The SMILES string of the molecule is Cc1ccc([C@H](CC(=O)O)c2ccn3c(C(F)(F)F)nnc3c2C)nc1CN1CC2(COC2)Oc2ncccc2S1(=O)=O. The molecule has 0 unspecified atom stereocenters. The molecule has 6 rings (SSSR count). The Bertz CT molecular complexity index is 1860. The summed E-state index contributed by atoms with van der Waals surface area (Å²) in [7, 11) is -4.08. The Morgan fingerprint density at radius 1 is 1.16 bits per heavy atom. The maximum atomic E-state index is 13.8. The highest BCUT2D eigenvalue weighted by atomic mass is 32.2. The number of pyridine rings is 3. The fourth-order valence-electron chi connectivity index (χ4n) is 5.38. The summed E-state index contributed by atoms with van der Waals surface area (Å²) in [4.78, 5) is 20.7. The van der Waals surface area contributed by atoms with Crippen LogP contribution in [-0.2, 0) is 32.3 Å². The van der Waals surface area contributed by atoms with Crippen LogP contribution < -0.4 is 4.74 Å². The average Bonchev–Trinajstić information content (AvgIpc) is 3.34. The zero-order valence-electron chi connectivity index (χ0n) is 22.9. The first-order valence-corrected chi connectivity index (χ1v) is 14.5. The second-order valence-corrected chi connectivity index (χ2v) is 12.5. The molecule has 2 aliphatic heterocycles. The van der Waals surface area contributed by atoms with Crippen molar-refractivity contribution < 1.29 is 41.0 Å². The summed E-state index contributed by atoms with van der Waals surface area (Å²) in [5.74, 6) is -3.25. The lowest BCUT2D eigenvalue weighted by Gasteiger charge is -2.41. The van der Waals surface area contributed by atoms with E-state index in [-0.39, 0.29) is 42.7 Å². The van der Waals surface area contributed by atoms with E-state index < -0.39 is 45.9 Å². The number of hydrogen-bond acceptors (Lipinski definition) is 9. The van der Waals surface area contributed by atoms with Gasteiger partial charge in [0.05, 0.1) is 38.4 Å². The highest BCUT2D eigenvalue weighted by Gasteiger charge is 2.49. The van der Waals surface area contributed by atoms with Crippen molar-refractivity contribution in [2.45, 2.75) is 49.4 Å². The zero-order chi connectivity index (χ0) is 30.7. The monoisotopic (exact) mass is 618 g/mol. The average molecular weight is 619 g/mol. The number of aliphatic carboxylic acids is 1. The van der Waals surface area contributed by atoms with Crippen molar-refractivity contribution in [1.29, 1.82) is 0 Å². The van der Waals surface area contributed by atoms with Crippen molar-refractivity contribution in [3.63, 3.8) is 0 Å². The third kappa shape index (κ3) is 5.08. The van der Waals surface area contributed by atoms with Gasteiger partial charge in [0.25, 0.3) is 0 Å². The van der Waals surface area contributed by atoms with Crippen LogP contribution in [0.25, 0.3) is 5.65 Å². The highest BCUT2D eigenvalue weighted by Crippen LogP contribution is 2.38. The molecule has 0 aromatic carbocycles. The van der Waals surface area contributed by atoms with Gasteiger partial charge in [-0.3, -0.25) is 14.2 Å². The molecule has 0 amide bonds. The molecule has 1 saturated heterocycles. The molecular weight excluding hydrogens is 593 g/mol. The second kappa shape index (κ2) is 10.2. The van der Waals surface area contributed by atoms with Crippen molar-refractivity contribution in [1.82, 2.24) is 28.9 Å².